The van der Waals surface area contributed by atoms with Crippen LogP contribution in [0.5, 0.6) is 0 Å². The molecule has 0 fully saturated rings. The fourth-order valence-corrected chi connectivity index (χ4v) is 1.89. The Balaban J connectivity index is 2.51. The molecule has 0 radical (unpaired) electrons. The zero-order valence-corrected chi connectivity index (χ0v) is 11.0. The summed E-state index contributed by atoms with van der Waals surface area (Å²) < 4.78 is 2.12. The Kier molecular flexibility index (Phi) is 5.53. The van der Waals surface area contributed by atoms with Gasteiger partial charge in [-0.3, -0.25) is 4.68 Å². The molecule has 0 saturated heterocycles. The third-order valence-electron chi connectivity index (χ3n) is 3.31. The van der Waals surface area contributed by atoms with Gasteiger partial charge in [-0.05, 0) is 45.7 Å². The first kappa shape index (κ1) is 13.2. The Morgan fingerprint density at radius 1 is 1.38 bits per heavy atom. The van der Waals surface area contributed by atoms with Gasteiger partial charge in [0, 0.05) is 12.2 Å². The van der Waals surface area contributed by atoms with Crippen molar-refractivity contribution in [2.24, 2.45) is 0 Å². The van der Waals surface area contributed by atoms with Crippen LogP contribution in [-0.4, -0.2) is 22.9 Å². The number of nitrogens with zero attached hydrogens (tertiary/aromatic N) is 2. The number of aryl methyl sites for hydroxylation is 1. The standard InChI is InChI=1S/C13H25N3/c1-5-13(6-2)16-10-9-12(15-16)8-7-11(3)14-4/h9-11,13-14H,5-8H2,1-4H3. The van der Waals surface area contributed by atoms with E-state index in [0.29, 0.717) is 12.1 Å². The highest BCUT2D eigenvalue weighted by Crippen LogP contribution is 2.15. The van der Waals surface area contributed by atoms with Gasteiger partial charge >= 0.3 is 0 Å². The summed E-state index contributed by atoms with van der Waals surface area (Å²) in [6.07, 6.45) is 6.65. The van der Waals surface area contributed by atoms with Crippen molar-refractivity contribution in [1.29, 1.82) is 0 Å². The lowest BCUT2D eigenvalue weighted by molar-refractivity contribution is 0.424. The predicted octanol–water partition coefficient (Wildman–Crippen LogP) is 2.78. The van der Waals surface area contributed by atoms with E-state index in [-0.39, 0.29) is 0 Å². The molecule has 1 heterocycles. The molecule has 0 aliphatic rings. The lowest BCUT2D eigenvalue weighted by Crippen LogP contribution is -2.21. The molecule has 1 aromatic rings. The van der Waals surface area contributed by atoms with Crippen LogP contribution in [0.3, 0.4) is 0 Å². The molecule has 0 aliphatic heterocycles. The van der Waals surface area contributed by atoms with Gasteiger partial charge in [0.05, 0.1) is 11.7 Å². The Morgan fingerprint density at radius 3 is 2.62 bits per heavy atom. The number of hydrogen-bond donors (Lipinski definition) is 1. The molecular formula is C13H25N3. The van der Waals surface area contributed by atoms with E-state index in [1.54, 1.807) is 0 Å². The van der Waals surface area contributed by atoms with Gasteiger partial charge in [0.15, 0.2) is 0 Å². The lowest BCUT2D eigenvalue weighted by Gasteiger charge is -2.12. The van der Waals surface area contributed by atoms with Gasteiger partial charge in [-0.15, -0.1) is 0 Å². The maximum absolute atomic E-state index is 4.65. The van der Waals surface area contributed by atoms with Gasteiger partial charge in [0.2, 0.25) is 0 Å². The zero-order chi connectivity index (χ0) is 12.0. The van der Waals surface area contributed by atoms with Crippen molar-refractivity contribution in [2.45, 2.75) is 58.5 Å². The minimum atomic E-state index is 0.565. The Labute approximate surface area is 99.2 Å². The summed E-state index contributed by atoms with van der Waals surface area (Å²) in [6, 6.07) is 3.29. The molecule has 0 amide bonds. The van der Waals surface area contributed by atoms with E-state index in [1.165, 1.54) is 5.69 Å². The fourth-order valence-electron chi connectivity index (χ4n) is 1.89. The van der Waals surface area contributed by atoms with Crippen molar-refractivity contribution in [3.05, 3.63) is 18.0 Å². The number of rotatable bonds is 7. The van der Waals surface area contributed by atoms with Crippen LogP contribution < -0.4 is 5.32 Å². The first-order valence-electron chi connectivity index (χ1n) is 6.42. The molecule has 0 aromatic carbocycles. The monoisotopic (exact) mass is 223 g/mol. The second-order valence-corrected chi connectivity index (χ2v) is 4.49. The van der Waals surface area contributed by atoms with E-state index < -0.39 is 0 Å². The first-order valence-corrected chi connectivity index (χ1v) is 6.42. The van der Waals surface area contributed by atoms with Crippen LogP contribution in [0, 0.1) is 0 Å². The Hall–Kier alpha value is -0.830. The number of nitrogens with one attached hydrogen (secondary N) is 1. The summed E-state index contributed by atoms with van der Waals surface area (Å²) in [6.45, 7) is 6.65. The van der Waals surface area contributed by atoms with Crippen LogP contribution in [0.15, 0.2) is 12.3 Å². The van der Waals surface area contributed by atoms with Crippen molar-refractivity contribution in [2.75, 3.05) is 7.05 Å². The van der Waals surface area contributed by atoms with Gasteiger partial charge in [-0.1, -0.05) is 13.8 Å². The van der Waals surface area contributed by atoms with Gasteiger partial charge in [0.25, 0.3) is 0 Å². The van der Waals surface area contributed by atoms with Crippen molar-refractivity contribution in [3.63, 3.8) is 0 Å². The topological polar surface area (TPSA) is 29.9 Å². The molecule has 3 heteroatoms. The summed E-state index contributed by atoms with van der Waals surface area (Å²) in [5.74, 6) is 0. The third kappa shape index (κ3) is 3.63. The average Bonchev–Trinajstić information content (AvgIpc) is 2.76. The van der Waals surface area contributed by atoms with E-state index >= 15 is 0 Å². The molecule has 0 saturated carbocycles. The molecule has 1 atom stereocenters. The highest BCUT2D eigenvalue weighted by Gasteiger charge is 2.08. The summed E-state index contributed by atoms with van der Waals surface area (Å²) in [5.41, 5.74) is 1.22. The van der Waals surface area contributed by atoms with E-state index in [1.807, 2.05) is 7.05 Å². The average molecular weight is 223 g/mol. The van der Waals surface area contributed by atoms with Crippen LogP contribution in [0.2, 0.25) is 0 Å². The Morgan fingerprint density at radius 2 is 2.06 bits per heavy atom. The minimum Gasteiger partial charge on any atom is -0.317 e. The van der Waals surface area contributed by atoms with Crippen molar-refractivity contribution >= 4 is 0 Å². The zero-order valence-electron chi connectivity index (χ0n) is 11.0. The van der Waals surface area contributed by atoms with Crippen molar-refractivity contribution < 1.29 is 0 Å². The molecule has 92 valence electrons. The van der Waals surface area contributed by atoms with Crippen LogP contribution in [-0.2, 0) is 6.42 Å². The van der Waals surface area contributed by atoms with Gasteiger partial charge in [-0.2, -0.15) is 5.10 Å². The van der Waals surface area contributed by atoms with Gasteiger partial charge in [0.1, 0.15) is 0 Å². The predicted molar refractivity (Wildman–Crippen MR) is 68.7 cm³/mol. The summed E-state index contributed by atoms with van der Waals surface area (Å²) in [7, 11) is 2.01. The van der Waals surface area contributed by atoms with Crippen LogP contribution in [0.25, 0.3) is 0 Å². The molecule has 0 bridgehead atoms. The molecule has 1 rings (SSSR count). The second-order valence-electron chi connectivity index (χ2n) is 4.49. The molecule has 0 spiro atoms. The first-order chi connectivity index (χ1) is 7.71. The molecule has 16 heavy (non-hydrogen) atoms. The van der Waals surface area contributed by atoms with E-state index in [4.69, 9.17) is 0 Å². The molecule has 1 aromatic heterocycles. The molecule has 1 N–H and O–H groups in total. The molecule has 0 aliphatic carbocycles. The molecule has 3 nitrogen and oxygen atoms in total. The second kappa shape index (κ2) is 6.69. The third-order valence-corrected chi connectivity index (χ3v) is 3.31. The van der Waals surface area contributed by atoms with Crippen LogP contribution >= 0.6 is 0 Å². The van der Waals surface area contributed by atoms with E-state index in [0.717, 1.165) is 25.7 Å². The Bertz CT molecular complexity index is 289. The maximum Gasteiger partial charge on any atom is 0.0625 e. The molecule has 1 unspecified atom stereocenters. The highest BCUT2D eigenvalue weighted by atomic mass is 15.3. The quantitative estimate of drug-likeness (QED) is 0.770. The minimum absolute atomic E-state index is 0.565. The van der Waals surface area contributed by atoms with Gasteiger partial charge < -0.3 is 5.32 Å². The number of hydrogen-bond acceptors (Lipinski definition) is 2. The van der Waals surface area contributed by atoms with Crippen molar-refractivity contribution in [1.82, 2.24) is 15.1 Å². The van der Waals surface area contributed by atoms with Gasteiger partial charge in [-0.25, -0.2) is 0 Å². The smallest absolute Gasteiger partial charge is 0.0625 e. The fraction of sp³-hybridized carbons (Fsp3) is 0.769. The lowest BCUT2D eigenvalue weighted by atomic mass is 10.1. The largest absolute Gasteiger partial charge is 0.317 e. The van der Waals surface area contributed by atoms with Crippen molar-refractivity contribution in [3.8, 4) is 0 Å². The molecular weight excluding hydrogens is 198 g/mol. The number of aromatic nitrogens is 2. The summed E-state index contributed by atoms with van der Waals surface area (Å²) in [5, 5.41) is 7.90. The SMILES string of the molecule is CCC(CC)n1ccc(CCC(C)NC)n1. The van der Waals surface area contributed by atoms with Crippen LogP contribution in [0.4, 0.5) is 0 Å². The normalized spacial score (nSPS) is 13.3. The highest BCUT2D eigenvalue weighted by molar-refractivity contribution is 5.00. The summed E-state index contributed by atoms with van der Waals surface area (Å²) >= 11 is 0. The summed E-state index contributed by atoms with van der Waals surface area (Å²) in [4.78, 5) is 0. The van der Waals surface area contributed by atoms with E-state index in [2.05, 4.69) is 48.1 Å². The van der Waals surface area contributed by atoms with Crippen LogP contribution in [0.1, 0.15) is 51.8 Å². The maximum atomic E-state index is 4.65. The van der Waals surface area contributed by atoms with E-state index in [9.17, 15) is 0 Å².